The second kappa shape index (κ2) is 5.13. The van der Waals surface area contributed by atoms with Gasteiger partial charge in [0.2, 0.25) is 0 Å². The predicted molar refractivity (Wildman–Crippen MR) is 64.7 cm³/mol. The van der Waals surface area contributed by atoms with E-state index < -0.39 is 0 Å². The molecule has 0 amide bonds. The summed E-state index contributed by atoms with van der Waals surface area (Å²) >= 11 is 0. The van der Waals surface area contributed by atoms with Gasteiger partial charge in [-0.05, 0) is 43.9 Å². The highest BCUT2D eigenvalue weighted by molar-refractivity contribution is 5.22. The first kappa shape index (κ1) is 12.5. The summed E-state index contributed by atoms with van der Waals surface area (Å²) in [5.74, 6) is -0.0966. The van der Waals surface area contributed by atoms with Gasteiger partial charge < -0.3 is 5.32 Å². The fourth-order valence-electron chi connectivity index (χ4n) is 2.65. The molecule has 0 heterocycles. The highest BCUT2D eigenvalue weighted by atomic mass is 19.1. The predicted octanol–water partition coefficient (Wildman–Crippen LogP) is 3.80. The summed E-state index contributed by atoms with van der Waals surface area (Å²) in [4.78, 5) is 0. The van der Waals surface area contributed by atoms with E-state index in [9.17, 15) is 8.78 Å². The van der Waals surface area contributed by atoms with Crippen LogP contribution in [0.2, 0.25) is 0 Å². The maximum Gasteiger partial charge on any atom is 0.128 e. The Bertz CT molecular complexity index is 392. The van der Waals surface area contributed by atoms with Gasteiger partial charge in [0.1, 0.15) is 11.6 Å². The molecule has 3 heteroatoms. The third-order valence-corrected chi connectivity index (χ3v) is 3.75. The van der Waals surface area contributed by atoms with E-state index >= 15 is 0 Å². The summed E-state index contributed by atoms with van der Waals surface area (Å²) in [5.41, 5.74) is 0.420. The van der Waals surface area contributed by atoms with Crippen molar-refractivity contribution in [3.8, 4) is 0 Å². The molecule has 1 N–H and O–H groups in total. The monoisotopic (exact) mass is 239 g/mol. The lowest BCUT2D eigenvalue weighted by Gasteiger charge is -2.23. The third-order valence-electron chi connectivity index (χ3n) is 3.75. The molecule has 0 spiro atoms. The van der Waals surface area contributed by atoms with Crippen LogP contribution in [0.4, 0.5) is 8.78 Å². The summed E-state index contributed by atoms with van der Waals surface area (Å²) in [7, 11) is 0. The van der Waals surface area contributed by atoms with E-state index in [2.05, 4.69) is 12.2 Å². The van der Waals surface area contributed by atoms with Crippen molar-refractivity contribution in [2.24, 2.45) is 5.92 Å². The number of hydrogen-bond donors (Lipinski definition) is 1. The second-order valence-corrected chi connectivity index (χ2v) is 5.07. The molecule has 0 radical (unpaired) electrons. The van der Waals surface area contributed by atoms with Gasteiger partial charge in [0, 0.05) is 17.6 Å². The largest absolute Gasteiger partial charge is 0.307 e. The van der Waals surface area contributed by atoms with Gasteiger partial charge in [-0.2, -0.15) is 0 Å². The minimum Gasteiger partial charge on any atom is -0.307 e. The van der Waals surface area contributed by atoms with Crippen molar-refractivity contribution in [3.05, 3.63) is 35.4 Å². The van der Waals surface area contributed by atoms with E-state index in [1.165, 1.54) is 25.0 Å². The number of halogens is 2. The smallest absolute Gasteiger partial charge is 0.128 e. The molecule has 0 bridgehead atoms. The van der Waals surface area contributed by atoms with Crippen molar-refractivity contribution < 1.29 is 8.78 Å². The van der Waals surface area contributed by atoms with Crippen molar-refractivity contribution in [2.75, 3.05) is 0 Å². The Hall–Kier alpha value is -0.960. The Balaban J connectivity index is 2.08. The zero-order chi connectivity index (χ0) is 12.4. The fourth-order valence-corrected chi connectivity index (χ4v) is 2.65. The van der Waals surface area contributed by atoms with Gasteiger partial charge in [-0.1, -0.05) is 13.3 Å². The first-order valence-corrected chi connectivity index (χ1v) is 6.29. The summed E-state index contributed by atoms with van der Waals surface area (Å²) < 4.78 is 26.7. The fraction of sp³-hybridized carbons (Fsp3) is 0.571. The molecule has 17 heavy (non-hydrogen) atoms. The maximum atomic E-state index is 13.6. The number of hydrogen-bond acceptors (Lipinski definition) is 1. The molecular formula is C14H19F2N. The summed E-state index contributed by atoms with van der Waals surface area (Å²) in [6, 6.07) is 3.92. The van der Waals surface area contributed by atoms with Crippen LogP contribution in [0.15, 0.2) is 18.2 Å². The quantitative estimate of drug-likeness (QED) is 0.846. The Kier molecular flexibility index (Phi) is 3.77. The van der Waals surface area contributed by atoms with Crippen LogP contribution < -0.4 is 5.32 Å². The molecule has 3 atom stereocenters. The average molecular weight is 239 g/mol. The van der Waals surface area contributed by atoms with E-state index in [0.717, 1.165) is 12.5 Å². The molecule has 2 rings (SSSR count). The van der Waals surface area contributed by atoms with E-state index in [1.807, 2.05) is 6.92 Å². The van der Waals surface area contributed by atoms with Crippen LogP contribution in [0.25, 0.3) is 0 Å². The highest BCUT2D eigenvalue weighted by Gasteiger charge is 2.25. The standard InChI is InChI=1S/C14H19F2N/c1-9-4-3-5-14(9)17-10(2)12-8-11(15)6-7-13(12)16/h6-10,14,17H,3-5H2,1-2H3. The van der Waals surface area contributed by atoms with Gasteiger partial charge in [0.05, 0.1) is 0 Å². The van der Waals surface area contributed by atoms with Gasteiger partial charge in [-0.25, -0.2) is 8.78 Å². The summed E-state index contributed by atoms with van der Waals surface area (Å²) in [6.07, 6.45) is 3.57. The van der Waals surface area contributed by atoms with Crippen molar-refractivity contribution in [3.63, 3.8) is 0 Å². The first-order valence-electron chi connectivity index (χ1n) is 6.29. The van der Waals surface area contributed by atoms with Crippen molar-refractivity contribution in [1.82, 2.24) is 5.32 Å². The van der Waals surface area contributed by atoms with Gasteiger partial charge in [-0.3, -0.25) is 0 Å². The zero-order valence-electron chi connectivity index (χ0n) is 10.3. The molecule has 0 aliphatic heterocycles. The molecule has 3 unspecified atom stereocenters. The SMILES string of the molecule is CC(NC1CCCC1C)c1cc(F)ccc1F. The van der Waals surface area contributed by atoms with Crippen LogP contribution in [0, 0.1) is 17.6 Å². The lowest BCUT2D eigenvalue weighted by molar-refractivity contribution is 0.381. The van der Waals surface area contributed by atoms with Crippen molar-refractivity contribution in [1.29, 1.82) is 0 Å². The number of benzene rings is 1. The highest BCUT2D eigenvalue weighted by Crippen LogP contribution is 2.28. The lowest BCUT2D eigenvalue weighted by atomic mass is 10.0. The van der Waals surface area contributed by atoms with E-state index in [1.54, 1.807) is 0 Å². The minimum absolute atomic E-state index is 0.142. The third kappa shape index (κ3) is 2.83. The van der Waals surface area contributed by atoms with E-state index in [4.69, 9.17) is 0 Å². The Morgan fingerprint density at radius 3 is 2.71 bits per heavy atom. The van der Waals surface area contributed by atoms with E-state index in [-0.39, 0.29) is 17.7 Å². The van der Waals surface area contributed by atoms with Crippen molar-refractivity contribution >= 4 is 0 Å². The Morgan fingerprint density at radius 1 is 1.29 bits per heavy atom. The van der Waals surface area contributed by atoms with E-state index in [0.29, 0.717) is 17.5 Å². The molecule has 1 aliphatic rings. The normalized spacial score (nSPS) is 26.1. The number of rotatable bonds is 3. The molecule has 1 aromatic carbocycles. The van der Waals surface area contributed by atoms with Gasteiger partial charge >= 0.3 is 0 Å². The Morgan fingerprint density at radius 2 is 2.06 bits per heavy atom. The lowest BCUT2D eigenvalue weighted by Crippen LogP contribution is -2.33. The van der Waals surface area contributed by atoms with Crippen molar-refractivity contribution in [2.45, 2.75) is 45.2 Å². The molecule has 1 fully saturated rings. The topological polar surface area (TPSA) is 12.0 Å². The summed E-state index contributed by atoms with van der Waals surface area (Å²) in [6.45, 7) is 4.10. The van der Waals surface area contributed by atoms with Crippen LogP contribution >= 0.6 is 0 Å². The second-order valence-electron chi connectivity index (χ2n) is 5.07. The van der Waals surface area contributed by atoms with Crippen LogP contribution in [0.5, 0.6) is 0 Å². The number of nitrogens with one attached hydrogen (secondary N) is 1. The Labute approximate surface area is 101 Å². The van der Waals surface area contributed by atoms with Gasteiger partial charge in [0.25, 0.3) is 0 Å². The summed E-state index contributed by atoms with van der Waals surface area (Å²) in [5, 5.41) is 3.41. The molecule has 1 aliphatic carbocycles. The minimum atomic E-state index is -0.380. The molecule has 1 saturated carbocycles. The zero-order valence-corrected chi connectivity index (χ0v) is 10.3. The van der Waals surface area contributed by atoms with Crippen LogP contribution in [0.1, 0.15) is 44.7 Å². The van der Waals surface area contributed by atoms with Crippen LogP contribution in [-0.4, -0.2) is 6.04 Å². The first-order chi connectivity index (χ1) is 8.08. The molecule has 0 aromatic heterocycles. The molecule has 94 valence electrons. The van der Waals surface area contributed by atoms with Crippen LogP contribution in [0.3, 0.4) is 0 Å². The van der Waals surface area contributed by atoms with Gasteiger partial charge in [-0.15, -0.1) is 0 Å². The molecular weight excluding hydrogens is 220 g/mol. The molecule has 1 aromatic rings. The van der Waals surface area contributed by atoms with Gasteiger partial charge in [0.15, 0.2) is 0 Å². The maximum absolute atomic E-state index is 13.6. The van der Waals surface area contributed by atoms with Crippen LogP contribution in [-0.2, 0) is 0 Å². The average Bonchev–Trinajstić information content (AvgIpc) is 2.68. The molecule has 0 saturated heterocycles. The molecule has 1 nitrogen and oxygen atoms in total.